The van der Waals surface area contributed by atoms with Gasteiger partial charge in [0.15, 0.2) is 0 Å². The van der Waals surface area contributed by atoms with Crippen LogP contribution in [0.1, 0.15) is 25.7 Å². The molecule has 0 N–H and O–H groups in total. The van der Waals surface area contributed by atoms with Crippen molar-refractivity contribution in [1.29, 1.82) is 0 Å². The number of allylic oxidation sites excluding steroid dienone is 2. The Labute approximate surface area is 65.5 Å². The second kappa shape index (κ2) is 4.10. The predicted molar refractivity (Wildman–Crippen MR) is 44.9 cm³/mol. The third-order valence-corrected chi connectivity index (χ3v) is 2.07. The second-order valence-electron chi connectivity index (χ2n) is 2.63. The van der Waals surface area contributed by atoms with Crippen molar-refractivity contribution < 1.29 is 0 Å². The van der Waals surface area contributed by atoms with Gasteiger partial charge in [0.1, 0.15) is 0 Å². The number of hydrogen-bond acceptors (Lipinski definition) is 0. The average Bonchev–Trinajstić information content (AvgIpc) is 2.63. The van der Waals surface area contributed by atoms with Crippen molar-refractivity contribution >= 4 is 15.9 Å². The van der Waals surface area contributed by atoms with Crippen LogP contribution < -0.4 is 0 Å². The first kappa shape index (κ1) is 7.33. The molecule has 1 rings (SSSR count). The molecule has 0 amide bonds. The third-order valence-electron chi connectivity index (χ3n) is 1.61. The second-order valence-corrected chi connectivity index (χ2v) is 3.42. The number of hydrogen-bond donors (Lipinski definition) is 0. The standard InChI is InChI=1S/C8H13Br/c9-7-3-1-2-4-8-5-6-8/h1-2,8H,3-7H2/b2-1+. The lowest BCUT2D eigenvalue weighted by Gasteiger charge is -1.84. The van der Waals surface area contributed by atoms with Crippen LogP contribution in [-0.2, 0) is 0 Å². The van der Waals surface area contributed by atoms with Crippen LogP contribution in [0.3, 0.4) is 0 Å². The van der Waals surface area contributed by atoms with Crippen LogP contribution in [0.4, 0.5) is 0 Å². The quantitative estimate of drug-likeness (QED) is 0.470. The summed E-state index contributed by atoms with van der Waals surface area (Å²) < 4.78 is 0. The van der Waals surface area contributed by atoms with Gasteiger partial charge in [-0.1, -0.05) is 28.1 Å². The fourth-order valence-corrected chi connectivity index (χ4v) is 1.09. The Kier molecular flexibility index (Phi) is 3.34. The minimum absolute atomic E-state index is 1.05. The van der Waals surface area contributed by atoms with Gasteiger partial charge in [0.05, 0.1) is 0 Å². The summed E-state index contributed by atoms with van der Waals surface area (Å²) in [5.41, 5.74) is 0. The van der Waals surface area contributed by atoms with Crippen molar-refractivity contribution in [3.63, 3.8) is 0 Å². The van der Waals surface area contributed by atoms with Gasteiger partial charge in [0.25, 0.3) is 0 Å². The van der Waals surface area contributed by atoms with Gasteiger partial charge in [-0.05, 0) is 31.6 Å². The summed E-state index contributed by atoms with van der Waals surface area (Å²) in [7, 11) is 0. The van der Waals surface area contributed by atoms with E-state index in [1.807, 2.05) is 0 Å². The molecule has 1 aliphatic rings. The molecule has 0 heterocycles. The fraction of sp³-hybridized carbons (Fsp3) is 0.750. The molecule has 0 radical (unpaired) electrons. The summed E-state index contributed by atoms with van der Waals surface area (Å²) >= 11 is 3.38. The Balaban J connectivity index is 1.88. The molecule has 0 saturated heterocycles. The van der Waals surface area contributed by atoms with Gasteiger partial charge in [-0.3, -0.25) is 0 Å². The van der Waals surface area contributed by atoms with Crippen LogP contribution in [0.25, 0.3) is 0 Å². The van der Waals surface area contributed by atoms with Gasteiger partial charge in [-0.2, -0.15) is 0 Å². The Morgan fingerprint density at radius 3 is 2.67 bits per heavy atom. The average molecular weight is 189 g/mol. The molecular formula is C8H13Br. The van der Waals surface area contributed by atoms with Gasteiger partial charge in [0.2, 0.25) is 0 Å². The minimum Gasteiger partial charge on any atom is -0.0925 e. The molecule has 0 aromatic carbocycles. The van der Waals surface area contributed by atoms with Gasteiger partial charge in [-0.15, -0.1) is 0 Å². The number of halogens is 1. The van der Waals surface area contributed by atoms with Crippen LogP contribution >= 0.6 is 15.9 Å². The predicted octanol–water partition coefficient (Wildman–Crippen LogP) is 3.13. The van der Waals surface area contributed by atoms with E-state index in [9.17, 15) is 0 Å². The largest absolute Gasteiger partial charge is 0.0925 e. The van der Waals surface area contributed by atoms with Crippen molar-refractivity contribution in [2.45, 2.75) is 25.7 Å². The van der Waals surface area contributed by atoms with E-state index in [-0.39, 0.29) is 0 Å². The van der Waals surface area contributed by atoms with Gasteiger partial charge in [0, 0.05) is 5.33 Å². The first-order valence-electron chi connectivity index (χ1n) is 3.64. The Bertz CT molecular complexity index is 92.7. The molecule has 9 heavy (non-hydrogen) atoms. The zero-order valence-corrected chi connectivity index (χ0v) is 7.23. The molecule has 1 heteroatoms. The number of rotatable bonds is 4. The molecule has 0 nitrogen and oxygen atoms in total. The molecule has 1 aliphatic carbocycles. The highest BCUT2D eigenvalue weighted by Crippen LogP contribution is 2.32. The monoisotopic (exact) mass is 188 g/mol. The molecular weight excluding hydrogens is 176 g/mol. The van der Waals surface area contributed by atoms with Crippen molar-refractivity contribution in [2.75, 3.05) is 5.33 Å². The normalized spacial score (nSPS) is 19.2. The zero-order chi connectivity index (χ0) is 6.53. The lowest BCUT2D eigenvalue weighted by atomic mass is 10.2. The summed E-state index contributed by atoms with van der Waals surface area (Å²) in [4.78, 5) is 0. The molecule has 0 aromatic rings. The number of alkyl halides is 1. The lowest BCUT2D eigenvalue weighted by Crippen LogP contribution is -1.69. The Morgan fingerprint density at radius 2 is 2.11 bits per heavy atom. The van der Waals surface area contributed by atoms with E-state index < -0.39 is 0 Å². The first-order valence-corrected chi connectivity index (χ1v) is 4.76. The maximum absolute atomic E-state index is 3.38. The summed E-state index contributed by atoms with van der Waals surface area (Å²) in [5, 5.41) is 1.11. The highest BCUT2D eigenvalue weighted by atomic mass is 79.9. The highest BCUT2D eigenvalue weighted by molar-refractivity contribution is 9.09. The maximum Gasteiger partial charge on any atom is 0.00659 e. The molecule has 1 fully saturated rings. The van der Waals surface area contributed by atoms with Crippen molar-refractivity contribution in [2.24, 2.45) is 5.92 Å². The van der Waals surface area contributed by atoms with E-state index in [4.69, 9.17) is 0 Å². The van der Waals surface area contributed by atoms with E-state index in [0.717, 1.165) is 11.2 Å². The van der Waals surface area contributed by atoms with E-state index in [1.165, 1.54) is 25.7 Å². The minimum atomic E-state index is 1.05. The van der Waals surface area contributed by atoms with E-state index >= 15 is 0 Å². The molecule has 0 aromatic heterocycles. The summed E-state index contributed by atoms with van der Waals surface area (Å²) in [5.74, 6) is 1.05. The van der Waals surface area contributed by atoms with Gasteiger partial charge < -0.3 is 0 Å². The molecule has 0 spiro atoms. The summed E-state index contributed by atoms with van der Waals surface area (Å²) in [6, 6.07) is 0. The first-order chi connectivity index (χ1) is 4.43. The fourth-order valence-electron chi connectivity index (χ4n) is 0.823. The SMILES string of the molecule is BrCC/C=C/CC1CC1. The third kappa shape index (κ3) is 3.74. The maximum atomic E-state index is 3.38. The summed E-state index contributed by atoms with van der Waals surface area (Å²) in [6.07, 6.45) is 10.0. The Morgan fingerprint density at radius 1 is 1.33 bits per heavy atom. The zero-order valence-electron chi connectivity index (χ0n) is 5.65. The van der Waals surface area contributed by atoms with Crippen LogP contribution in [0.5, 0.6) is 0 Å². The van der Waals surface area contributed by atoms with Crippen LogP contribution in [0, 0.1) is 5.92 Å². The summed E-state index contributed by atoms with van der Waals surface area (Å²) in [6.45, 7) is 0. The van der Waals surface area contributed by atoms with E-state index in [2.05, 4.69) is 28.1 Å². The van der Waals surface area contributed by atoms with Gasteiger partial charge >= 0.3 is 0 Å². The van der Waals surface area contributed by atoms with E-state index in [1.54, 1.807) is 0 Å². The highest BCUT2D eigenvalue weighted by Gasteiger charge is 2.18. The molecule has 0 unspecified atom stereocenters. The van der Waals surface area contributed by atoms with E-state index in [0.29, 0.717) is 0 Å². The molecule has 0 aliphatic heterocycles. The van der Waals surface area contributed by atoms with Crippen LogP contribution in [0.2, 0.25) is 0 Å². The van der Waals surface area contributed by atoms with Crippen LogP contribution in [-0.4, -0.2) is 5.33 Å². The molecule has 1 saturated carbocycles. The topological polar surface area (TPSA) is 0 Å². The van der Waals surface area contributed by atoms with Gasteiger partial charge in [-0.25, -0.2) is 0 Å². The van der Waals surface area contributed by atoms with Crippen molar-refractivity contribution in [3.8, 4) is 0 Å². The molecule has 0 bridgehead atoms. The Hall–Kier alpha value is 0.220. The van der Waals surface area contributed by atoms with Crippen molar-refractivity contribution in [3.05, 3.63) is 12.2 Å². The smallest absolute Gasteiger partial charge is 0.00659 e. The van der Waals surface area contributed by atoms with Crippen LogP contribution in [0.15, 0.2) is 12.2 Å². The molecule has 0 atom stereocenters. The lowest BCUT2D eigenvalue weighted by molar-refractivity contribution is 0.859. The molecule has 52 valence electrons. The van der Waals surface area contributed by atoms with Crippen molar-refractivity contribution in [1.82, 2.24) is 0 Å².